The molecule has 0 aromatic heterocycles. The number of benzene rings is 1. The molecule has 78 valence electrons. The van der Waals surface area contributed by atoms with Crippen LogP contribution >= 0.6 is 11.6 Å². The minimum atomic E-state index is -2.98. The van der Waals surface area contributed by atoms with Crippen molar-refractivity contribution in [1.29, 1.82) is 0 Å². The molecular weight excluding hydrogens is 220 g/mol. The Hall–Kier alpha value is -0.540. The fourth-order valence-electron chi connectivity index (χ4n) is 1.17. The zero-order valence-corrected chi connectivity index (χ0v) is 9.39. The smallest absolute Gasteiger partial charge is 0.154 e. The van der Waals surface area contributed by atoms with Crippen LogP contribution in [0.25, 0.3) is 0 Å². The number of sulfone groups is 1. The summed E-state index contributed by atoms with van der Waals surface area (Å²) < 4.78 is 23.0. The molecule has 1 aromatic rings. The van der Waals surface area contributed by atoms with E-state index < -0.39 is 9.84 Å². The molecule has 0 heterocycles. The molecule has 0 fully saturated rings. The van der Waals surface area contributed by atoms with Crippen molar-refractivity contribution in [3.05, 3.63) is 35.9 Å². The second-order valence-corrected chi connectivity index (χ2v) is 5.68. The molecule has 0 unspecified atom stereocenters. The molecule has 0 N–H and O–H groups in total. The maximum Gasteiger partial charge on any atom is 0.154 e. The van der Waals surface area contributed by atoms with Crippen molar-refractivity contribution < 1.29 is 8.42 Å². The highest BCUT2D eigenvalue weighted by atomic mass is 35.5. The van der Waals surface area contributed by atoms with Gasteiger partial charge in [-0.15, -0.1) is 11.6 Å². The van der Waals surface area contributed by atoms with Gasteiger partial charge in [0.2, 0.25) is 0 Å². The van der Waals surface area contributed by atoms with Crippen molar-refractivity contribution in [3.63, 3.8) is 0 Å². The van der Waals surface area contributed by atoms with Crippen LogP contribution in [-0.2, 0) is 15.6 Å². The lowest BCUT2D eigenvalue weighted by Crippen LogP contribution is -2.09. The maximum atomic E-state index is 11.5. The van der Waals surface area contributed by atoms with E-state index in [-0.39, 0.29) is 11.5 Å². The molecule has 0 radical (unpaired) electrons. The van der Waals surface area contributed by atoms with Crippen molar-refractivity contribution in [1.82, 2.24) is 0 Å². The van der Waals surface area contributed by atoms with Gasteiger partial charge >= 0.3 is 0 Å². The van der Waals surface area contributed by atoms with Crippen LogP contribution in [0, 0.1) is 0 Å². The minimum absolute atomic E-state index is 0.116. The molecular formula is C10H13ClO2S. The Morgan fingerprint density at radius 3 is 2.36 bits per heavy atom. The van der Waals surface area contributed by atoms with Gasteiger partial charge in [-0.2, -0.15) is 0 Å². The Kier molecular flexibility index (Phi) is 4.42. The molecule has 0 atom stereocenters. The van der Waals surface area contributed by atoms with Crippen molar-refractivity contribution in [2.75, 3.05) is 11.6 Å². The first-order valence-electron chi connectivity index (χ1n) is 4.44. The number of hydrogen-bond donors (Lipinski definition) is 0. The molecule has 0 saturated carbocycles. The molecule has 0 aliphatic rings. The fourth-order valence-corrected chi connectivity index (χ4v) is 2.90. The third kappa shape index (κ3) is 4.11. The summed E-state index contributed by atoms with van der Waals surface area (Å²) in [7, 11) is -2.98. The quantitative estimate of drug-likeness (QED) is 0.730. The van der Waals surface area contributed by atoms with Crippen LogP contribution in [0.15, 0.2) is 30.3 Å². The Morgan fingerprint density at radius 2 is 1.79 bits per heavy atom. The lowest BCUT2D eigenvalue weighted by Gasteiger charge is -2.02. The zero-order valence-electron chi connectivity index (χ0n) is 7.82. The first-order chi connectivity index (χ1) is 6.64. The molecule has 0 bridgehead atoms. The van der Waals surface area contributed by atoms with Crippen molar-refractivity contribution >= 4 is 21.4 Å². The third-order valence-electron chi connectivity index (χ3n) is 1.82. The Bertz CT molecular complexity index is 359. The molecule has 4 heteroatoms. The van der Waals surface area contributed by atoms with Crippen LogP contribution in [0.3, 0.4) is 0 Å². The van der Waals surface area contributed by atoms with E-state index in [0.717, 1.165) is 5.56 Å². The topological polar surface area (TPSA) is 34.1 Å². The highest BCUT2D eigenvalue weighted by Gasteiger charge is 2.10. The van der Waals surface area contributed by atoms with E-state index >= 15 is 0 Å². The van der Waals surface area contributed by atoms with E-state index in [4.69, 9.17) is 11.6 Å². The lowest BCUT2D eigenvalue weighted by atomic mass is 10.2. The molecule has 1 rings (SSSR count). The standard InChI is InChI=1S/C10H13ClO2S/c11-7-4-8-14(12,13)9-10-5-2-1-3-6-10/h1-3,5-6H,4,7-9H2. The van der Waals surface area contributed by atoms with Gasteiger partial charge in [-0.05, 0) is 12.0 Å². The monoisotopic (exact) mass is 232 g/mol. The van der Waals surface area contributed by atoms with Crippen LogP contribution < -0.4 is 0 Å². The van der Waals surface area contributed by atoms with Crippen molar-refractivity contribution in [2.24, 2.45) is 0 Å². The molecule has 14 heavy (non-hydrogen) atoms. The van der Waals surface area contributed by atoms with Crippen LogP contribution in [0.4, 0.5) is 0 Å². The first-order valence-corrected chi connectivity index (χ1v) is 6.80. The van der Waals surface area contributed by atoms with Crippen LogP contribution in [0.1, 0.15) is 12.0 Å². The number of halogens is 1. The van der Waals surface area contributed by atoms with E-state index in [1.807, 2.05) is 30.3 Å². The first kappa shape index (κ1) is 11.5. The second kappa shape index (κ2) is 5.37. The van der Waals surface area contributed by atoms with Crippen molar-refractivity contribution in [3.8, 4) is 0 Å². The van der Waals surface area contributed by atoms with E-state index in [9.17, 15) is 8.42 Å². The summed E-state index contributed by atoms with van der Waals surface area (Å²) in [6, 6.07) is 9.18. The largest absolute Gasteiger partial charge is 0.228 e. The average molecular weight is 233 g/mol. The highest BCUT2D eigenvalue weighted by Crippen LogP contribution is 2.07. The average Bonchev–Trinajstić information content (AvgIpc) is 2.16. The summed E-state index contributed by atoms with van der Waals surface area (Å²) in [5.41, 5.74) is 0.835. The van der Waals surface area contributed by atoms with E-state index in [2.05, 4.69) is 0 Å². The molecule has 0 spiro atoms. The van der Waals surface area contributed by atoms with E-state index in [1.165, 1.54) is 0 Å². The molecule has 1 aromatic carbocycles. The zero-order chi connectivity index (χ0) is 10.4. The van der Waals surface area contributed by atoms with Gasteiger partial charge in [-0.25, -0.2) is 8.42 Å². The van der Waals surface area contributed by atoms with Gasteiger partial charge in [-0.1, -0.05) is 30.3 Å². The van der Waals surface area contributed by atoms with Gasteiger partial charge in [-0.3, -0.25) is 0 Å². The lowest BCUT2D eigenvalue weighted by molar-refractivity contribution is 0.594. The minimum Gasteiger partial charge on any atom is -0.228 e. The van der Waals surface area contributed by atoms with Gasteiger partial charge in [0.15, 0.2) is 9.84 Å². The van der Waals surface area contributed by atoms with Crippen LogP contribution in [0.2, 0.25) is 0 Å². The summed E-state index contributed by atoms with van der Waals surface area (Å²) in [6.45, 7) is 0. The Balaban J connectivity index is 2.60. The van der Waals surface area contributed by atoms with Gasteiger partial charge in [0, 0.05) is 5.88 Å². The molecule has 2 nitrogen and oxygen atoms in total. The SMILES string of the molecule is O=S(=O)(CCCCl)Cc1ccccc1. The molecule has 0 aliphatic carbocycles. The normalized spacial score (nSPS) is 11.5. The van der Waals surface area contributed by atoms with Gasteiger partial charge in [0.05, 0.1) is 11.5 Å². The van der Waals surface area contributed by atoms with Crippen LogP contribution in [0.5, 0.6) is 0 Å². The Morgan fingerprint density at radius 1 is 1.14 bits per heavy atom. The Labute approximate surface area is 89.8 Å². The summed E-state index contributed by atoms with van der Waals surface area (Å²) in [6.07, 6.45) is 0.525. The predicted molar refractivity (Wildman–Crippen MR) is 59.3 cm³/mol. The maximum absolute atomic E-state index is 11.5. The number of rotatable bonds is 5. The van der Waals surface area contributed by atoms with E-state index in [0.29, 0.717) is 12.3 Å². The van der Waals surface area contributed by atoms with Gasteiger partial charge in [0.1, 0.15) is 0 Å². The fraction of sp³-hybridized carbons (Fsp3) is 0.400. The van der Waals surface area contributed by atoms with Gasteiger partial charge in [0.25, 0.3) is 0 Å². The highest BCUT2D eigenvalue weighted by molar-refractivity contribution is 7.90. The van der Waals surface area contributed by atoms with Crippen LogP contribution in [-0.4, -0.2) is 20.1 Å². The van der Waals surface area contributed by atoms with E-state index in [1.54, 1.807) is 0 Å². The summed E-state index contributed by atoms with van der Waals surface area (Å²) in [5, 5.41) is 0. The van der Waals surface area contributed by atoms with Gasteiger partial charge < -0.3 is 0 Å². The predicted octanol–water partition coefficient (Wildman–Crippen LogP) is 2.23. The molecule has 0 amide bonds. The second-order valence-electron chi connectivity index (χ2n) is 3.12. The third-order valence-corrected chi connectivity index (χ3v) is 3.77. The number of hydrogen-bond acceptors (Lipinski definition) is 2. The molecule has 0 saturated heterocycles. The molecule has 0 aliphatic heterocycles. The summed E-state index contributed by atoms with van der Waals surface area (Å²) in [5.74, 6) is 0.685. The van der Waals surface area contributed by atoms with Crippen molar-refractivity contribution in [2.45, 2.75) is 12.2 Å². The summed E-state index contributed by atoms with van der Waals surface area (Å²) in [4.78, 5) is 0. The number of alkyl halides is 1. The summed E-state index contributed by atoms with van der Waals surface area (Å²) >= 11 is 5.45.